The Bertz CT molecular complexity index is 1210. The summed E-state index contributed by atoms with van der Waals surface area (Å²) in [6.45, 7) is 7.24. The number of rotatable bonds is 8. The number of nitrogens with zero attached hydrogens (tertiary/aromatic N) is 5. The number of benzene rings is 2. The van der Waals surface area contributed by atoms with Crippen LogP contribution in [0.25, 0.3) is 0 Å². The van der Waals surface area contributed by atoms with Gasteiger partial charge in [-0.15, -0.1) is 11.3 Å². The minimum Gasteiger partial charge on any atom is -0.339 e. The Labute approximate surface area is 226 Å². The highest BCUT2D eigenvalue weighted by Gasteiger charge is 2.27. The summed E-state index contributed by atoms with van der Waals surface area (Å²) in [6.07, 6.45) is 1.03. The van der Waals surface area contributed by atoms with Crippen molar-refractivity contribution in [3.05, 3.63) is 77.1 Å². The van der Waals surface area contributed by atoms with E-state index in [9.17, 15) is 14.0 Å². The average molecular weight is 537 g/mol. The number of halogens is 1. The molecule has 2 saturated heterocycles. The standard InChI is InChI=1S/C28H33FN6O2S/c29-23-6-8-24(9-7-23)30-28-31-25(21-38-28)27(37)35-18-14-33(15-19-35)20-26(36)34-16-12-32(13-17-34)11-10-22-4-2-1-3-5-22/h1-9,21H,10-20H2,(H,30,31). The van der Waals surface area contributed by atoms with Crippen molar-refractivity contribution in [3.63, 3.8) is 0 Å². The first-order valence-corrected chi connectivity index (χ1v) is 14.0. The number of piperazine rings is 2. The lowest BCUT2D eigenvalue weighted by Gasteiger charge is -2.38. The third kappa shape index (κ3) is 6.94. The van der Waals surface area contributed by atoms with E-state index in [4.69, 9.17) is 0 Å². The van der Waals surface area contributed by atoms with Crippen LogP contribution in [0.1, 0.15) is 16.1 Å². The predicted molar refractivity (Wildman–Crippen MR) is 147 cm³/mol. The van der Waals surface area contributed by atoms with E-state index in [1.807, 2.05) is 11.0 Å². The minimum atomic E-state index is -0.302. The Hall–Kier alpha value is -3.34. The quantitative estimate of drug-likeness (QED) is 0.477. The normalized spacial score (nSPS) is 17.0. The van der Waals surface area contributed by atoms with Crippen molar-refractivity contribution in [1.82, 2.24) is 24.6 Å². The second-order valence-corrected chi connectivity index (χ2v) is 10.6. The first-order chi connectivity index (χ1) is 18.5. The van der Waals surface area contributed by atoms with Crippen LogP contribution in [0.2, 0.25) is 0 Å². The molecule has 8 nitrogen and oxygen atoms in total. The van der Waals surface area contributed by atoms with Crippen LogP contribution < -0.4 is 5.32 Å². The van der Waals surface area contributed by atoms with Crippen molar-refractivity contribution < 1.29 is 14.0 Å². The molecular weight excluding hydrogens is 503 g/mol. The molecule has 2 amide bonds. The summed E-state index contributed by atoms with van der Waals surface area (Å²) in [5, 5.41) is 5.43. The third-order valence-electron chi connectivity index (χ3n) is 7.12. The third-order valence-corrected chi connectivity index (χ3v) is 7.88. The average Bonchev–Trinajstić information content (AvgIpc) is 3.42. The highest BCUT2D eigenvalue weighted by atomic mass is 32.1. The molecule has 0 bridgehead atoms. The lowest BCUT2D eigenvalue weighted by Crippen LogP contribution is -2.54. The van der Waals surface area contributed by atoms with Crippen molar-refractivity contribution in [2.75, 3.05) is 70.8 Å². The Morgan fingerprint density at radius 2 is 1.50 bits per heavy atom. The van der Waals surface area contributed by atoms with Crippen LogP contribution >= 0.6 is 11.3 Å². The summed E-state index contributed by atoms with van der Waals surface area (Å²) in [6, 6.07) is 16.5. The van der Waals surface area contributed by atoms with Gasteiger partial charge in [0.25, 0.3) is 5.91 Å². The smallest absolute Gasteiger partial charge is 0.273 e. The maximum atomic E-state index is 13.1. The first kappa shape index (κ1) is 26.3. The zero-order valence-corrected chi connectivity index (χ0v) is 22.2. The molecule has 1 aromatic heterocycles. The predicted octanol–water partition coefficient (Wildman–Crippen LogP) is 3.17. The van der Waals surface area contributed by atoms with Gasteiger partial charge in [-0.1, -0.05) is 30.3 Å². The lowest BCUT2D eigenvalue weighted by atomic mass is 10.1. The summed E-state index contributed by atoms with van der Waals surface area (Å²) in [4.78, 5) is 38.6. The fourth-order valence-electron chi connectivity index (χ4n) is 4.80. The van der Waals surface area contributed by atoms with Gasteiger partial charge >= 0.3 is 0 Å². The van der Waals surface area contributed by atoms with Crippen LogP contribution in [-0.4, -0.2) is 102 Å². The van der Waals surface area contributed by atoms with Crippen molar-refractivity contribution in [1.29, 1.82) is 0 Å². The maximum Gasteiger partial charge on any atom is 0.273 e. The van der Waals surface area contributed by atoms with Gasteiger partial charge in [0.1, 0.15) is 11.5 Å². The van der Waals surface area contributed by atoms with Crippen LogP contribution in [0, 0.1) is 5.82 Å². The van der Waals surface area contributed by atoms with Gasteiger partial charge in [0.2, 0.25) is 5.91 Å². The van der Waals surface area contributed by atoms with Crippen LogP contribution in [0.4, 0.5) is 15.2 Å². The molecule has 200 valence electrons. The zero-order chi connectivity index (χ0) is 26.3. The molecule has 2 fully saturated rings. The van der Waals surface area contributed by atoms with E-state index in [2.05, 4.69) is 44.4 Å². The lowest BCUT2D eigenvalue weighted by molar-refractivity contribution is -0.134. The molecule has 3 heterocycles. The Balaban J connectivity index is 1.02. The molecule has 0 unspecified atom stereocenters. The molecule has 0 atom stereocenters. The molecule has 2 aromatic carbocycles. The van der Waals surface area contributed by atoms with Crippen LogP contribution in [0.5, 0.6) is 0 Å². The van der Waals surface area contributed by atoms with E-state index >= 15 is 0 Å². The molecule has 38 heavy (non-hydrogen) atoms. The van der Waals surface area contributed by atoms with E-state index in [1.54, 1.807) is 22.4 Å². The summed E-state index contributed by atoms with van der Waals surface area (Å²) in [5.74, 6) is -0.238. The number of aromatic nitrogens is 1. The molecule has 0 spiro atoms. The summed E-state index contributed by atoms with van der Waals surface area (Å²) in [5.41, 5.74) is 2.46. The van der Waals surface area contributed by atoms with Crippen LogP contribution in [0.3, 0.4) is 0 Å². The topological polar surface area (TPSA) is 72.0 Å². The first-order valence-electron chi connectivity index (χ1n) is 13.1. The maximum absolute atomic E-state index is 13.1. The molecule has 0 aliphatic carbocycles. The van der Waals surface area contributed by atoms with Gasteiger partial charge in [-0.3, -0.25) is 19.4 Å². The van der Waals surface area contributed by atoms with E-state index in [-0.39, 0.29) is 17.6 Å². The summed E-state index contributed by atoms with van der Waals surface area (Å²) < 4.78 is 13.1. The van der Waals surface area contributed by atoms with Crippen molar-refractivity contribution >= 4 is 34.0 Å². The zero-order valence-electron chi connectivity index (χ0n) is 21.4. The fraction of sp³-hybridized carbons (Fsp3) is 0.393. The molecule has 0 saturated carbocycles. The minimum absolute atomic E-state index is 0.106. The number of anilines is 2. The highest BCUT2D eigenvalue weighted by Crippen LogP contribution is 2.22. The molecule has 2 aliphatic rings. The van der Waals surface area contributed by atoms with Gasteiger partial charge in [0.15, 0.2) is 5.13 Å². The second kappa shape index (κ2) is 12.5. The van der Waals surface area contributed by atoms with E-state index in [1.165, 1.54) is 29.0 Å². The van der Waals surface area contributed by atoms with Crippen molar-refractivity contribution in [2.45, 2.75) is 6.42 Å². The van der Waals surface area contributed by atoms with Gasteiger partial charge < -0.3 is 15.1 Å². The Morgan fingerprint density at radius 3 is 2.21 bits per heavy atom. The Kier molecular flexibility index (Phi) is 8.62. The molecule has 1 N–H and O–H groups in total. The summed E-state index contributed by atoms with van der Waals surface area (Å²) in [7, 11) is 0. The monoisotopic (exact) mass is 536 g/mol. The molecule has 5 rings (SSSR count). The van der Waals surface area contributed by atoms with Crippen molar-refractivity contribution in [3.8, 4) is 0 Å². The molecule has 0 radical (unpaired) electrons. The second-order valence-electron chi connectivity index (χ2n) is 9.70. The van der Waals surface area contributed by atoms with Gasteiger partial charge in [-0.25, -0.2) is 9.37 Å². The van der Waals surface area contributed by atoms with Gasteiger partial charge in [0, 0.05) is 70.0 Å². The number of hydrogen-bond acceptors (Lipinski definition) is 7. The van der Waals surface area contributed by atoms with Crippen LogP contribution in [0.15, 0.2) is 60.0 Å². The number of nitrogens with one attached hydrogen (secondary N) is 1. The number of thiazole rings is 1. The largest absolute Gasteiger partial charge is 0.339 e. The van der Waals surface area contributed by atoms with Gasteiger partial charge in [-0.2, -0.15) is 0 Å². The SMILES string of the molecule is O=C(CN1CCN(C(=O)c2csc(Nc3ccc(F)cc3)n2)CC1)N1CCN(CCc2ccccc2)CC1. The number of carbonyl (C=O) groups excluding carboxylic acids is 2. The number of hydrogen-bond donors (Lipinski definition) is 1. The number of carbonyl (C=O) groups is 2. The Morgan fingerprint density at radius 1 is 0.842 bits per heavy atom. The molecule has 2 aliphatic heterocycles. The van der Waals surface area contributed by atoms with Gasteiger partial charge in [0.05, 0.1) is 6.54 Å². The van der Waals surface area contributed by atoms with E-state index in [0.717, 1.165) is 39.1 Å². The van der Waals surface area contributed by atoms with E-state index < -0.39 is 0 Å². The highest BCUT2D eigenvalue weighted by molar-refractivity contribution is 7.14. The summed E-state index contributed by atoms with van der Waals surface area (Å²) >= 11 is 1.34. The van der Waals surface area contributed by atoms with Crippen LogP contribution in [-0.2, 0) is 11.2 Å². The molecule has 10 heteroatoms. The number of amides is 2. The van der Waals surface area contributed by atoms with Crippen molar-refractivity contribution in [2.24, 2.45) is 0 Å². The fourth-order valence-corrected chi connectivity index (χ4v) is 5.51. The molecule has 3 aromatic rings. The van der Waals surface area contributed by atoms with E-state index in [0.29, 0.717) is 49.2 Å². The molecular formula is C28H33FN6O2S. The van der Waals surface area contributed by atoms with Gasteiger partial charge in [-0.05, 0) is 36.2 Å².